The van der Waals surface area contributed by atoms with Gasteiger partial charge in [-0.2, -0.15) is 5.26 Å². The Morgan fingerprint density at radius 2 is 2.00 bits per heavy atom. The molecule has 0 radical (unpaired) electrons. The maximum Gasteiger partial charge on any atom is 0.0621 e. The predicted molar refractivity (Wildman–Crippen MR) is 73.0 cm³/mol. The van der Waals surface area contributed by atoms with Crippen LogP contribution in [0.5, 0.6) is 0 Å². The molecule has 0 unspecified atom stereocenters. The van der Waals surface area contributed by atoms with Crippen molar-refractivity contribution in [3.8, 4) is 6.07 Å². The van der Waals surface area contributed by atoms with E-state index in [1.54, 1.807) is 0 Å². The van der Waals surface area contributed by atoms with Crippen molar-refractivity contribution in [3.63, 3.8) is 0 Å². The molecule has 1 aromatic rings. The average Bonchev–Trinajstić information content (AvgIpc) is 2.28. The van der Waals surface area contributed by atoms with Crippen LogP contribution in [-0.2, 0) is 6.54 Å². The van der Waals surface area contributed by atoms with E-state index in [9.17, 15) is 0 Å². The molecule has 86 valence electrons. The highest BCUT2D eigenvalue weighted by atomic mass is 79.9. The zero-order valence-corrected chi connectivity index (χ0v) is 12.1. The van der Waals surface area contributed by atoms with Crippen LogP contribution in [0.1, 0.15) is 24.8 Å². The number of nitrogens with one attached hydrogen (secondary N) is 1. The summed E-state index contributed by atoms with van der Waals surface area (Å²) in [5.41, 5.74) is 1.26. The molecule has 0 amide bonds. The lowest BCUT2D eigenvalue weighted by atomic mass is 10.2. The van der Waals surface area contributed by atoms with E-state index >= 15 is 0 Å². The third-order valence-electron chi connectivity index (χ3n) is 2.21. The van der Waals surface area contributed by atoms with E-state index in [1.165, 1.54) is 5.56 Å². The smallest absolute Gasteiger partial charge is 0.0621 e. The van der Waals surface area contributed by atoms with E-state index in [2.05, 4.69) is 55.4 Å². The number of nitrogens with zero attached hydrogens (tertiary/aromatic N) is 1. The first-order valence-corrected chi connectivity index (χ1v) is 6.84. The first-order chi connectivity index (χ1) is 7.74. The van der Waals surface area contributed by atoms with E-state index in [-0.39, 0.29) is 0 Å². The number of halogens is 2. The van der Waals surface area contributed by atoms with E-state index < -0.39 is 0 Å². The third kappa shape index (κ3) is 5.11. The summed E-state index contributed by atoms with van der Waals surface area (Å²) >= 11 is 6.92. The second kappa shape index (κ2) is 7.83. The fourth-order valence-electron chi connectivity index (χ4n) is 1.34. The van der Waals surface area contributed by atoms with Crippen molar-refractivity contribution in [1.29, 1.82) is 5.26 Å². The van der Waals surface area contributed by atoms with Crippen molar-refractivity contribution >= 4 is 31.9 Å². The Morgan fingerprint density at radius 1 is 1.19 bits per heavy atom. The Hall–Kier alpha value is -0.370. The van der Waals surface area contributed by atoms with Gasteiger partial charge >= 0.3 is 0 Å². The average molecular weight is 346 g/mol. The fraction of sp³-hybridized carbons (Fsp3) is 0.417. The molecule has 0 heterocycles. The summed E-state index contributed by atoms with van der Waals surface area (Å²) in [6, 6.07) is 8.39. The molecule has 0 aliphatic heterocycles. The van der Waals surface area contributed by atoms with Crippen LogP contribution >= 0.6 is 31.9 Å². The molecular weight excluding hydrogens is 332 g/mol. The minimum Gasteiger partial charge on any atom is -0.313 e. The van der Waals surface area contributed by atoms with Gasteiger partial charge < -0.3 is 5.32 Å². The van der Waals surface area contributed by atoms with Crippen LogP contribution in [0.3, 0.4) is 0 Å². The molecule has 0 spiro atoms. The summed E-state index contributed by atoms with van der Waals surface area (Å²) < 4.78 is 2.15. The van der Waals surface area contributed by atoms with E-state index in [0.717, 1.165) is 34.9 Å². The Bertz CT molecular complexity index is 372. The van der Waals surface area contributed by atoms with Gasteiger partial charge in [0.1, 0.15) is 0 Å². The number of hydrogen-bond donors (Lipinski definition) is 1. The molecule has 0 saturated heterocycles. The quantitative estimate of drug-likeness (QED) is 0.791. The Morgan fingerprint density at radius 3 is 2.69 bits per heavy atom. The van der Waals surface area contributed by atoms with Crippen LogP contribution in [0, 0.1) is 11.3 Å². The van der Waals surface area contributed by atoms with Gasteiger partial charge in [-0.1, -0.05) is 6.07 Å². The molecule has 0 atom stereocenters. The first-order valence-electron chi connectivity index (χ1n) is 5.25. The van der Waals surface area contributed by atoms with Crippen LogP contribution in [0.4, 0.5) is 0 Å². The second-order valence-electron chi connectivity index (χ2n) is 3.54. The van der Waals surface area contributed by atoms with Gasteiger partial charge in [0.15, 0.2) is 0 Å². The summed E-state index contributed by atoms with van der Waals surface area (Å²) in [5, 5.41) is 11.7. The highest BCUT2D eigenvalue weighted by molar-refractivity contribution is 9.13. The molecule has 0 aliphatic carbocycles. The molecule has 0 bridgehead atoms. The molecule has 0 fully saturated rings. The molecule has 2 nitrogen and oxygen atoms in total. The molecule has 4 heteroatoms. The standard InChI is InChI=1S/C12H14Br2N2/c13-11-5-4-10(8-12(11)14)9-16-7-3-1-2-6-15/h4-5,8,16H,1-3,7,9H2. The molecule has 0 saturated carbocycles. The summed E-state index contributed by atoms with van der Waals surface area (Å²) in [7, 11) is 0. The van der Waals surface area contributed by atoms with Gasteiger partial charge in [0.05, 0.1) is 6.07 Å². The number of unbranched alkanes of at least 4 members (excludes halogenated alkanes) is 2. The van der Waals surface area contributed by atoms with Gasteiger partial charge in [-0.15, -0.1) is 0 Å². The van der Waals surface area contributed by atoms with Crippen molar-refractivity contribution in [3.05, 3.63) is 32.7 Å². The summed E-state index contributed by atoms with van der Waals surface area (Å²) in [4.78, 5) is 0. The molecular formula is C12H14Br2N2. The van der Waals surface area contributed by atoms with Crippen molar-refractivity contribution < 1.29 is 0 Å². The maximum absolute atomic E-state index is 8.38. The van der Waals surface area contributed by atoms with Gasteiger partial charge in [0.2, 0.25) is 0 Å². The predicted octanol–water partition coefficient (Wildman–Crippen LogP) is 4.00. The number of nitriles is 1. The van der Waals surface area contributed by atoms with Crippen molar-refractivity contribution in [2.45, 2.75) is 25.8 Å². The van der Waals surface area contributed by atoms with Crippen molar-refractivity contribution in [1.82, 2.24) is 5.32 Å². The lowest BCUT2D eigenvalue weighted by molar-refractivity contribution is 0.628. The van der Waals surface area contributed by atoms with Crippen molar-refractivity contribution in [2.75, 3.05) is 6.54 Å². The molecule has 1 rings (SSSR count). The summed E-state index contributed by atoms with van der Waals surface area (Å²) in [5.74, 6) is 0. The highest BCUT2D eigenvalue weighted by Gasteiger charge is 1.98. The zero-order valence-electron chi connectivity index (χ0n) is 8.97. The van der Waals surface area contributed by atoms with Gasteiger partial charge in [0.25, 0.3) is 0 Å². The molecule has 0 aliphatic rings. The normalized spacial score (nSPS) is 10.1. The SMILES string of the molecule is N#CCCCCNCc1ccc(Br)c(Br)c1. The second-order valence-corrected chi connectivity index (χ2v) is 5.25. The maximum atomic E-state index is 8.38. The largest absolute Gasteiger partial charge is 0.313 e. The van der Waals surface area contributed by atoms with Gasteiger partial charge in [0, 0.05) is 21.9 Å². The summed E-state index contributed by atoms with van der Waals surface area (Å²) in [6.45, 7) is 1.84. The van der Waals surface area contributed by atoms with E-state index in [4.69, 9.17) is 5.26 Å². The molecule has 1 aromatic carbocycles. The van der Waals surface area contributed by atoms with Crippen molar-refractivity contribution in [2.24, 2.45) is 0 Å². The number of hydrogen-bond acceptors (Lipinski definition) is 2. The lowest BCUT2D eigenvalue weighted by Gasteiger charge is -2.05. The van der Waals surface area contributed by atoms with Crippen LogP contribution in [0.25, 0.3) is 0 Å². The van der Waals surface area contributed by atoms with Crippen LogP contribution < -0.4 is 5.32 Å². The van der Waals surface area contributed by atoms with Gasteiger partial charge in [-0.3, -0.25) is 0 Å². The van der Waals surface area contributed by atoms with E-state index in [1.807, 2.05) is 6.07 Å². The van der Waals surface area contributed by atoms with Crippen LogP contribution in [0.2, 0.25) is 0 Å². The molecule has 16 heavy (non-hydrogen) atoms. The number of rotatable bonds is 6. The van der Waals surface area contributed by atoms with Crippen LogP contribution in [-0.4, -0.2) is 6.54 Å². The third-order valence-corrected chi connectivity index (χ3v) is 4.08. The lowest BCUT2D eigenvalue weighted by Crippen LogP contribution is -2.14. The van der Waals surface area contributed by atoms with Gasteiger partial charge in [-0.25, -0.2) is 0 Å². The van der Waals surface area contributed by atoms with E-state index in [0.29, 0.717) is 6.42 Å². The zero-order chi connectivity index (χ0) is 11.8. The fourth-order valence-corrected chi connectivity index (χ4v) is 2.01. The Labute approximate surface area is 113 Å². The Kier molecular flexibility index (Phi) is 6.70. The monoisotopic (exact) mass is 344 g/mol. The topological polar surface area (TPSA) is 35.8 Å². The summed E-state index contributed by atoms with van der Waals surface area (Å²) in [6.07, 6.45) is 2.70. The Balaban J connectivity index is 2.22. The minimum absolute atomic E-state index is 0.658. The van der Waals surface area contributed by atoms with Gasteiger partial charge in [-0.05, 0) is 68.9 Å². The first kappa shape index (κ1) is 13.7. The molecule has 0 aromatic heterocycles. The molecule has 1 N–H and O–H groups in total. The highest BCUT2D eigenvalue weighted by Crippen LogP contribution is 2.23. The van der Waals surface area contributed by atoms with Crippen LogP contribution in [0.15, 0.2) is 27.1 Å². The minimum atomic E-state index is 0.658. The number of benzene rings is 1.